The molecule has 0 bridgehead atoms. The zero-order valence-corrected chi connectivity index (χ0v) is 20.8. The minimum absolute atomic E-state index is 0.0267. The summed E-state index contributed by atoms with van der Waals surface area (Å²) < 4.78 is 12.8. The van der Waals surface area contributed by atoms with Crippen molar-refractivity contribution < 1.29 is 23.9 Å². The first kappa shape index (κ1) is 24.3. The van der Waals surface area contributed by atoms with Gasteiger partial charge in [0.05, 0.1) is 5.56 Å². The van der Waals surface area contributed by atoms with Crippen LogP contribution in [0.5, 0.6) is 0 Å². The van der Waals surface area contributed by atoms with Crippen LogP contribution in [0.1, 0.15) is 31.9 Å². The highest BCUT2D eigenvalue weighted by Gasteiger charge is 2.40. The number of ketones is 1. The highest BCUT2D eigenvalue weighted by atomic mass is 31.2. The third-order valence-corrected chi connectivity index (χ3v) is 8.06. The summed E-state index contributed by atoms with van der Waals surface area (Å²) in [6, 6.07) is 22.9. The number of likely N-dealkylation sites (N-methyl/N-ethyl adjacent to an activating group) is 1. The number of nitrogens with zero attached hydrogens (tertiary/aromatic N) is 2. The first-order valence-electron chi connectivity index (χ1n) is 11.8. The topological polar surface area (TPSA) is 98.2 Å². The van der Waals surface area contributed by atoms with Gasteiger partial charge < -0.3 is 19.6 Å². The summed E-state index contributed by atoms with van der Waals surface area (Å²) >= 11 is 0. The van der Waals surface area contributed by atoms with Crippen molar-refractivity contribution in [2.75, 3.05) is 33.2 Å². The van der Waals surface area contributed by atoms with E-state index in [1.807, 2.05) is 49.5 Å². The molecule has 1 saturated heterocycles. The molecular weight excluding hydrogens is 475 g/mol. The van der Waals surface area contributed by atoms with E-state index in [1.54, 1.807) is 41.3 Å². The average molecular weight is 503 g/mol. The second-order valence-electron chi connectivity index (χ2n) is 9.26. The van der Waals surface area contributed by atoms with Crippen molar-refractivity contribution >= 4 is 40.8 Å². The summed E-state index contributed by atoms with van der Waals surface area (Å²) in [6.45, 7) is 2.45. The summed E-state index contributed by atoms with van der Waals surface area (Å²) in [7, 11) is -2.97. The Bertz CT molecular complexity index is 1520. The fraction of sp³-hybridized carbons (Fsp3) is 0.214. The van der Waals surface area contributed by atoms with Gasteiger partial charge >= 0.3 is 7.60 Å². The van der Waals surface area contributed by atoms with Crippen LogP contribution in [0.4, 0.5) is 0 Å². The van der Waals surface area contributed by atoms with Gasteiger partial charge in [0.1, 0.15) is 5.66 Å². The standard InChI is InChI=1S/C28H27N2O5P/c1-29-13-15-30(16-14-29)28(32)25-18-21-9-3-2-8-20(21)17-24(25)26(31)27(36(33,34)35)23-12-6-10-19-7-4-5-11-22(19)23/h2-12,17-18,27H,13-16H2,1H3,(H2,33,34,35). The van der Waals surface area contributed by atoms with Crippen LogP contribution in [0.3, 0.4) is 0 Å². The van der Waals surface area contributed by atoms with Gasteiger partial charge in [0, 0.05) is 31.7 Å². The minimum Gasteiger partial charge on any atom is -0.336 e. The number of piperazine rings is 1. The van der Waals surface area contributed by atoms with E-state index in [9.17, 15) is 23.9 Å². The lowest BCUT2D eigenvalue weighted by Crippen LogP contribution is -2.47. The quantitative estimate of drug-likeness (QED) is 0.309. The molecular formula is C28H27N2O5P. The van der Waals surface area contributed by atoms with E-state index in [2.05, 4.69) is 4.90 Å². The summed E-state index contributed by atoms with van der Waals surface area (Å²) in [5.74, 6) is -1.07. The van der Waals surface area contributed by atoms with E-state index in [0.29, 0.717) is 31.6 Å². The second-order valence-corrected chi connectivity index (χ2v) is 11.0. The largest absolute Gasteiger partial charge is 0.340 e. The Morgan fingerprint density at radius 2 is 1.33 bits per heavy atom. The van der Waals surface area contributed by atoms with Gasteiger partial charge in [0.2, 0.25) is 0 Å². The predicted molar refractivity (Wildman–Crippen MR) is 140 cm³/mol. The highest BCUT2D eigenvalue weighted by molar-refractivity contribution is 7.53. The maximum atomic E-state index is 14.1. The lowest BCUT2D eigenvalue weighted by atomic mass is 9.92. The monoisotopic (exact) mass is 502 g/mol. The molecule has 4 aromatic carbocycles. The fourth-order valence-corrected chi connectivity index (χ4v) is 5.94. The molecule has 1 unspecified atom stereocenters. The molecule has 7 nitrogen and oxygen atoms in total. The molecule has 1 amide bonds. The smallest absolute Gasteiger partial charge is 0.336 e. The molecule has 1 atom stereocenters. The molecule has 184 valence electrons. The Hall–Kier alpha value is -3.35. The van der Waals surface area contributed by atoms with Gasteiger partial charge in [-0.3, -0.25) is 14.2 Å². The van der Waals surface area contributed by atoms with Gasteiger partial charge in [-0.1, -0.05) is 66.7 Å². The molecule has 0 aliphatic carbocycles. The number of fused-ring (bicyclic) bond motifs is 2. The maximum absolute atomic E-state index is 14.1. The number of rotatable bonds is 5. The van der Waals surface area contributed by atoms with Gasteiger partial charge in [-0.05, 0) is 46.3 Å². The normalized spacial score (nSPS) is 15.8. The van der Waals surface area contributed by atoms with Crippen LogP contribution >= 0.6 is 7.60 Å². The number of hydrogen-bond acceptors (Lipinski definition) is 4. The molecule has 0 saturated carbocycles. The predicted octanol–water partition coefficient (Wildman–Crippen LogP) is 4.48. The van der Waals surface area contributed by atoms with Gasteiger partial charge in [-0.15, -0.1) is 0 Å². The fourth-order valence-electron chi connectivity index (χ4n) is 4.91. The molecule has 1 aliphatic rings. The summed E-state index contributed by atoms with van der Waals surface area (Å²) in [5, 5.41) is 2.87. The van der Waals surface area contributed by atoms with Crippen molar-refractivity contribution in [3.63, 3.8) is 0 Å². The van der Waals surface area contributed by atoms with Crippen LogP contribution in [0.15, 0.2) is 78.9 Å². The van der Waals surface area contributed by atoms with E-state index in [1.165, 1.54) is 0 Å². The van der Waals surface area contributed by atoms with E-state index in [0.717, 1.165) is 16.2 Å². The van der Waals surface area contributed by atoms with Gasteiger partial charge in [0.25, 0.3) is 5.91 Å². The van der Waals surface area contributed by atoms with Gasteiger partial charge in [-0.25, -0.2) is 0 Å². The molecule has 5 rings (SSSR count). The van der Waals surface area contributed by atoms with Crippen molar-refractivity contribution in [1.82, 2.24) is 9.80 Å². The lowest BCUT2D eigenvalue weighted by Gasteiger charge is -2.33. The van der Waals surface area contributed by atoms with Crippen molar-refractivity contribution in [2.45, 2.75) is 5.66 Å². The molecule has 8 heteroatoms. The third-order valence-electron chi connectivity index (χ3n) is 6.87. The van der Waals surface area contributed by atoms with Gasteiger partial charge in [0.15, 0.2) is 5.78 Å². The van der Waals surface area contributed by atoms with Crippen molar-refractivity contribution in [3.8, 4) is 0 Å². The van der Waals surface area contributed by atoms with Crippen LogP contribution in [-0.4, -0.2) is 64.5 Å². The van der Waals surface area contributed by atoms with Crippen LogP contribution in [0.25, 0.3) is 21.5 Å². The van der Waals surface area contributed by atoms with Crippen LogP contribution in [0.2, 0.25) is 0 Å². The number of carbonyl (C=O) groups is 2. The van der Waals surface area contributed by atoms with Crippen molar-refractivity contribution in [2.24, 2.45) is 0 Å². The first-order valence-corrected chi connectivity index (χ1v) is 13.5. The Morgan fingerprint density at radius 1 is 0.778 bits per heavy atom. The second kappa shape index (κ2) is 9.60. The van der Waals surface area contributed by atoms with Crippen molar-refractivity contribution in [1.29, 1.82) is 0 Å². The number of Topliss-reactive ketones (excluding diaryl/α,β-unsaturated/α-hetero) is 1. The molecule has 36 heavy (non-hydrogen) atoms. The van der Waals surface area contributed by atoms with E-state index in [-0.39, 0.29) is 22.6 Å². The van der Waals surface area contributed by atoms with Crippen molar-refractivity contribution in [3.05, 3.63) is 95.6 Å². The molecule has 0 spiro atoms. The van der Waals surface area contributed by atoms with E-state index in [4.69, 9.17) is 0 Å². The Morgan fingerprint density at radius 3 is 1.97 bits per heavy atom. The number of carbonyl (C=O) groups excluding carboxylic acids is 2. The number of benzene rings is 4. The summed E-state index contributed by atoms with van der Waals surface area (Å²) in [5.41, 5.74) is -1.29. The Balaban J connectivity index is 1.68. The SMILES string of the molecule is CN1CCN(C(=O)c2cc3ccccc3cc2C(=O)C(c2cccc3ccccc23)P(=O)(O)O)CC1. The zero-order chi connectivity index (χ0) is 25.4. The molecule has 2 N–H and O–H groups in total. The molecule has 1 aliphatic heterocycles. The maximum Gasteiger partial charge on any atom is 0.340 e. The number of amides is 1. The molecule has 4 aromatic rings. The summed E-state index contributed by atoms with van der Waals surface area (Å²) in [6.07, 6.45) is 0. The third kappa shape index (κ3) is 4.59. The molecule has 1 fully saturated rings. The van der Waals surface area contributed by atoms with Crippen LogP contribution < -0.4 is 0 Å². The molecule has 0 radical (unpaired) electrons. The van der Waals surface area contributed by atoms with Gasteiger partial charge in [-0.2, -0.15) is 0 Å². The minimum atomic E-state index is -4.96. The zero-order valence-electron chi connectivity index (χ0n) is 19.9. The Labute approximate surface area is 209 Å². The molecule has 0 aromatic heterocycles. The molecule has 1 heterocycles. The van der Waals surface area contributed by atoms with Crippen LogP contribution in [-0.2, 0) is 4.57 Å². The average Bonchev–Trinajstić information content (AvgIpc) is 2.87. The highest BCUT2D eigenvalue weighted by Crippen LogP contribution is 2.55. The first-order chi connectivity index (χ1) is 17.2. The summed E-state index contributed by atoms with van der Waals surface area (Å²) in [4.78, 5) is 52.4. The van der Waals surface area contributed by atoms with E-state index >= 15 is 0 Å². The van der Waals surface area contributed by atoms with E-state index < -0.39 is 19.0 Å². The lowest BCUT2D eigenvalue weighted by molar-refractivity contribution is 0.0660. The Kier molecular flexibility index (Phi) is 6.49. The van der Waals surface area contributed by atoms with Crippen LogP contribution in [0, 0.1) is 0 Å². The number of hydrogen-bond donors (Lipinski definition) is 2.